The molecule has 4 fully saturated rings. The molecule has 11 rings (SSSR count). The molecule has 0 heterocycles. The van der Waals surface area contributed by atoms with Crippen molar-refractivity contribution in [3.63, 3.8) is 0 Å². The average molecular weight is 622 g/mol. The second-order valence-electron chi connectivity index (χ2n) is 16.0. The van der Waals surface area contributed by atoms with Crippen molar-refractivity contribution in [3.05, 3.63) is 150 Å². The Morgan fingerprint density at radius 2 is 1.08 bits per heavy atom. The van der Waals surface area contributed by atoms with Gasteiger partial charge >= 0.3 is 0 Å². The van der Waals surface area contributed by atoms with E-state index in [9.17, 15) is 0 Å². The Labute approximate surface area is 285 Å². The van der Waals surface area contributed by atoms with Crippen molar-refractivity contribution >= 4 is 27.8 Å². The predicted molar refractivity (Wildman–Crippen MR) is 201 cm³/mol. The first kappa shape index (κ1) is 28.4. The van der Waals surface area contributed by atoms with Crippen molar-refractivity contribution < 1.29 is 0 Å². The van der Waals surface area contributed by atoms with Crippen LogP contribution in [-0.2, 0) is 10.8 Å². The van der Waals surface area contributed by atoms with E-state index in [0.717, 1.165) is 17.8 Å². The van der Waals surface area contributed by atoms with E-state index >= 15 is 0 Å². The number of rotatable bonds is 5. The van der Waals surface area contributed by atoms with Gasteiger partial charge in [0.15, 0.2) is 0 Å². The van der Waals surface area contributed by atoms with Crippen LogP contribution in [0.25, 0.3) is 33.0 Å². The second kappa shape index (κ2) is 10.4. The molecule has 0 radical (unpaired) electrons. The van der Waals surface area contributed by atoms with E-state index in [1.165, 1.54) is 99.7 Å². The number of fused-ring (bicyclic) bond motifs is 4. The number of anilines is 3. The van der Waals surface area contributed by atoms with Crippen molar-refractivity contribution in [2.45, 2.75) is 63.2 Å². The molecule has 4 saturated carbocycles. The zero-order valence-electron chi connectivity index (χ0n) is 28.1. The molecular weight excluding hydrogens is 579 g/mol. The third-order valence-electron chi connectivity index (χ3n) is 12.8. The summed E-state index contributed by atoms with van der Waals surface area (Å²) in [5, 5.41) is 2.55. The Balaban J connectivity index is 1.14. The Hall–Kier alpha value is -4.62. The summed E-state index contributed by atoms with van der Waals surface area (Å²) in [7, 11) is 0. The molecule has 1 heteroatoms. The summed E-state index contributed by atoms with van der Waals surface area (Å²) in [5.74, 6) is 2.84. The normalized spacial score (nSPS) is 24.4. The first-order valence-corrected chi connectivity index (χ1v) is 18.2. The third kappa shape index (κ3) is 4.22. The highest BCUT2D eigenvalue weighted by atomic mass is 15.1. The van der Waals surface area contributed by atoms with Crippen LogP contribution in [0, 0.1) is 17.8 Å². The summed E-state index contributed by atoms with van der Waals surface area (Å²) in [5.41, 5.74) is 13.7. The molecule has 6 aromatic carbocycles. The molecule has 6 aromatic rings. The van der Waals surface area contributed by atoms with Crippen molar-refractivity contribution in [2.75, 3.05) is 4.90 Å². The van der Waals surface area contributed by atoms with Crippen LogP contribution in [0.3, 0.4) is 0 Å². The lowest BCUT2D eigenvalue weighted by atomic mass is 9.48. The lowest BCUT2D eigenvalue weighted by Crippen LogP contribution is -2.48. The van der Waals surface area contributed by atoms with Crippen LogP contribution in [0.5, 0.6) is 0 Å². The van der Waals surface area contributed by atoms with E-state index in [0.29, 0.717) is 5.41 Å². The molecule has 4 bridgehead atoms. The molecule has 0 saturated heterocycles. The number of nitrogens with zero attached hydrogens (tertiary/aromatic N) is 1. The summed E-state index contributed by atoms with van der Waals surface area (Å²) in [6, 6.07) is 50.5. The van der Waals surface area contributed by atoms with Gasteiger partial charge in [0, 0.05) is 22.2 Å². The minimum absolute atomic E-state index is 0.0603. The highest BCUT2D eigenvalue weighted by Crippen LogP contribution is 2.61. The van der Waals surface area contributed by atoms with Crippen LogP contribution >= 0.6 is 0 Å². The second-order valence-corrected chi connectivity index (χ2v) is 16.0. The van der Waals surface area contributed by atoms with Gasteiger partial charge < -0.3 is 4.90 Å². The molecule has 0 amide bonds. The zero-order valence-corrected chi connectivity index (χ0v) is 28.1. The fourth-order valence-corrected chi connectivity index (χ4v) is 11.0. The van der Waals surface area contributed by atoms with E-state index in [1.807, 2.05) is 0 Å². The van der Waals surface area contributed by atoms with Gasteiger partial charge in [-0.15, -0.1) is 0 Å². The SMILES string of the molecule is CC1(C)c2ccccc2-c2ccc(N(c3ccc(C45CC6CC(CC(C6)C4)C5)cc3)c3ccc(-c4ccccc4)c4ccccc34)cc21. The Morgan fingerprint density at radius 1 is 0.500 bits per heavy atom. The van der Waals surface area contributed by atoms with Gasteiger partial charge in [0.05, 0.1) is 5.69 Å². The van der Waals surface area contributed by atoms with Crippen molar-refractivity contribution in [2.24, 2.45) is 17.8 Å². The quantitative estimate of drug-likeness (QED) is 0.185. The van der Waals surface area contributed by atoms with E-state index in [4.69, 9.17) is 0 Å². The maximum absolute atomic E-state index is 2.53. The molecule has 48 heavy (non-hydrogen) atoms. The summed E-state index contributed by atoms with van der Waals surface area (Å²) >= 11 is 0. The summed E-state index contributed by atoms with van der Waals surface area (Å²) in [6.07, 6.45) is 8.64. The standard InChI is InChI=1S/C47H43N/c1-46(2)43-15-9-8-13-40(43)41-21-20-37(27-44(41)46)48(45-23-22-38(34-10-4-3-5-11-34)39-12-6-7-14-42(39)45)36-18-16-35(17-19-36)47-28-31-24-32(29-47)26-33(25-31)30-47/h3-23,27,31-33H,24-26,28-30H2,1-2H3. The van der Waals surface area contributed by atoms with E-state index in [2.05, 4.69) is 152 Å². The fourth-order valence-electron chi connectivity index (χ4n) is 11.0. The fraction of sp³-hybridized carbons (Fsp3) is 0.277. The van der Waals surface area contributed by atoms with Crippen LogP contribution < -0.4 is 4.90 Å². The highest BCUT2D eigenvalue weighted by molar-refractivity contribution is 6.06. The van der Waals surface area contributed by atoms with Crippen LogP contribution in [0.4, 0.5) is 17.1 Å². The van der Waals surface area contributed by atoms with Crippen LogP contribution in [0.1, 0.15) is 69.1 Å². The van der Waals surface area contributed by atoms with Gasteiger partial charge in [-0.2, -0.15) is 0 Å². The Kier molecular flexibility index (Phi) is 6.18. The average Bonchev–Trinajstić information content (AvgIpc) is 3.34. The maximum atomic E-state index is 2.53. The lowest BCUT2D eigenvalue weighted by Gasteiger charge is -2.57. The van der Waals surface area contributed by atoms with E-state index < -0.39 is 0 Å². The van der Waals surface area contributed by atoms with Gasteiger partial charge in [0.1, 0.15) is 0 Å². The highest BCUT2D eigenvalue weighted by Gasteiger charge is 2.51. The molecule has 0 aliphatic heterocycles. The summed E-state index contributed by atoms with van der Waals surface area (Å²) in [4.78, 5) is 2.53. The number of benzene rings is 6. The number of hydrogen-bond acceptors (Lipinski definition) is 1. The first-order chi connectivity index (χ1) is 23.5. The van der Waals surface area contributed by atoms with Gasteiger partial charge in [-0.1, -0.05) is 117 Å². The van der Waals surface area contributed by atoms with Crippen molar-refractivity contribution in [1.29, 1.82) is 0 Å². The molecule has 1 nitrogen and oxygen atoms in total. The van der Waals surface area contributed by atoms with Crippen molar-refractivity contribution in [1.82, 2.24) is 0 Å². The minimum atomic E-state index is -0.0603. The molecule has 0 spiro atoms. The first-order valence-electron chi connectivity index (χ1n) is 18.2. The van der Waals surface area contributed by atoms with Crippen LogP contribution in [0.2, 0.25) is 0 Å². The predicted octanol–water partition coefficient (Wildman–Crippen LogP) is 12.8. The Bertz CT molecular complexity index is 2150. The van der Waals surface area contributed by atoms with Gasteiger partial charge in [-0.25, -0.2) is 0 Å². The smallest absolute Gasteiger partial charge is 0.0540 e. The molecule has 0 atom stereocenters. The molecule has 0 aromatic heterocycles. The molecule has 0 N–H and O–H groups in total. The molecule has 0 unspecified atom stereocenters. The van der Waals surface area contributed by atoms with Gasteiger partial charge in [0.2, 0.25) is 0 Å². The van der Waals surface area contributed by atoms with E-state index in [1.54, 1.807) is 5.56 Å². The maximum Gasteiger partial charge on any atom is 0.0540 e. The lowest BCUT2D eigenvalue weighted by molar-refractivity contribution is -0.00518. The molecular formula is C47H43N. The largest absolute Gasteiger partial charge is 0.310 e. The monoisotopic (exact) mass is 621 g/mol. The molecule has 236 valence electrons. The number of hydrogen-bond donors (Lipinski definition) is 0. The third-order valence-corrected chi connectivity index (χ3v) is 12.8. The Morgan fingerprint density at radius 3 is 1.81 bits per heavy atom. The topological polar surface area (TPSA) is 3.24 Å². The van der Waals surface area contributed by atoms with Gasteiger partial charge in [0.25, 0.3) is 0 Å². The zero-order chi connectivity index (χ0) is 32.0. The van der Waals surface area contributed by atoms with Crippen molar-refractivity contribution in [3.8, 4) is 22.3 Å². The van der Waals surface area contributed by atoms with E-state index in [-0.39, 0.29) is 5.41 Å². The summed E-state index contributed by atoms with van der Waals surface area (Å²) < 4.78 is 0. The summed E-state index contributed by atoms with van der Waals surface area (Å²) in [6.45, 7) is 4.77. The molecule has 5 aliphatic rings. The minimum Gasteiger partial charge on any atom is -0.310 e. The van der Waals surface area contributed by atoms with Gasteiger partial charge in [-0.05, 0) is 136 Å². The van der Waals surface area contributed by atoms with Gasteiger partial charge in [-0.3, -0.25) is 0 Å². The molecule has 5 aliphatic carbocycles. The van der Waals surface area contributed by atoms with Crippen LogP contribution in [-0.4, -0.2) is 0 Å². The van der Waals surface area contributed by atoms with Crippen LogP contribution in [0.15, 0.2) is 133 Å².